The van der Waals surface area contributed by atoms with Gasteiger partial charge in [0.1, 0.15) is 11.5 Å². The van der Waals surface area contributed by atoms with Crippen molar-refractivity contribution in [2.24, 2.45) is 0 Å². The van der Waals surface area contributed by atoms with Gasteiger partial charge in [0.05, 0.1) is 5.41 Å². The van der Waals surface area contributed by atoms with Gasteiger partial charge in [0.2, 0.25) is 0 Å². The molecule has 1 aliphatic carbocycles. The summed E-state index contributed by atoms with van der Waals surface area (Å²) in [6.07, 6.45) is 5.72. The summed E-state index contributed by atoms with van der Waals surface area (Å²) in [6.45, 7) is 6.08. The summed E-state index contributed by atoms with van der Waals surface area (Å²) in [5.41, 5.74) is 9.21. The topological polar surface area (TPSA) is 47.9 Å². The standard InChI is InChI=1S/C41H29N3O/c1-3-4-25-35-27(2)41(33-23-13-14-26-36(33)45-35)32-22-12-11-20-30(32)37-31(21-15-24-34(37)41)40-43-38(28-16-7-5-8-17-28)42-39(44-40)29-18-9-6-10-19-29/h3-26H,1H2,2H3/b25-4-. The van der Waals surface area contributed by atoms with Crippen molar-refractivity contribution < 1.29 is 4.74 Å². The highest BCUT2D eigenvalue weighted by atomic mass is 16.5. The van der Waals surface area contributed by atoms with E-state index in [4.69, 9.17) is 19.7 Å². The minimum atomic E-state index is -0.560. The molecule has 1 spiro atoms. The number of ether oxygens (including phenoxy) is 1. The van der Waals surface area contributed by atoms with E-state index in [1.54, 1.807) is 6.08 Å². The third-order valence-electron chi connectivity index (χ3n) is 8.84. The van der Waals surface area contributed by atoms with Crippen LogP contribution in [0.2, 0.25) is 0 Å². The van der Waals surface area contributed by atoms with Crippen LogP contribution in [0.25, 0.3) is 45.3 Å². The van der Waals surface area contributed by atoms with E-state index >= 15 is 0 Å². The summed E-state index contributed by atoms with van der Waals surface area (Å²) in [4.78, 5) is 15.2. The number of para-hydroxylation sites is 1. The fraction of sp³-hybridized carbons (Fsp3) is 0.0488. The fourth-order valence-corrected chi connectivity index (χ4v) is 6.90. The maximum Gasteiger partial charge on any atom is 0.164 e. The first-order valence-corrected chi connectivity index (χ1v) is 15.1. The molecule has 1 atom stereocenters. The smallest absolute Gasteiger partial charge is 0.164 e. The maximum absolute atomic E-state index is 6.52. The molecule has 0 bridgehead atoms. The normalized spacial score (nSPS) is 16.3. The summed E-state index contributed by atoms with van der Waals surface area (Å²) < 4.78 is 6.52. The summed E-state index contributed by atoms with van der Waals surface area (Å²) in [5, 5.41) is 0. The number of rotatable bonds is 5. The molecule has 45 heavy (non-hydrogen) atoms. The van der Waals surface area contributed by atoms with Crippen LogP contribution in [0, 0.1) is 0 Å². The van der Waals surface area contributed by atoms with Crippen LogP contribution < -0.4 is 4.74 Å². The zero-order chi connectivity index (χ0) is 30.4. The Kier molecular flexibility index (Phi) is 6.35. The van der Waals surface area contributed by atoms with Gasteiger partial charge in [-0.1, -0.05) is 140 Å². The lowest BCUT2D eigenvalue weighted by atomic mass is 9.66. The molecule has 8 rings (SSSR count). The Morgan fingerprint density at radius 3 is 1.82 bits per heavy atom. The first-order chi connectivity index (χ1) is 22.2. The van der Waals surface area contributed by atoms with Gasteiger partial charge in [-0.3, -0.25) is 0 Å². The monoisotopic (exact) mass is 579 g/mol. The molecular weight excluding hydrogens is 550 g/mol. The van der Waals surface area contributed by atoms with Crippen LogP contribution in [-0.2, 0) is 5.41 Å². The highest BCUT2D eigenvalue weighted by Crippen LogP contribution is 2.61. The van der Waals surface area contributed by atoms with Crippen molar-refractivity contribution in [3.63, 3.8) is 0 Å². The van der Waals surface area contributed by atoms with E-state index in [2.05, 4.69) is 74.2 Å². The number of benzene rings is 5. The molecule has 1 aliphatic heterocycles. The number of nitrogens with zero attached hydrogens (tertiary/aromatic N) is 3. The van der Waals surface area contributed by atoms with Gasteiger partial charge in [-0.25, -0.2) is 15.0 Å². The Hall–Kier alpha value is -5.87. The lowest BCUT2D eigenvalue weighted by molar-refractivity contribution is 0.399. The first kappa shape index (κ1) is 26.7. The SMILES string of the molecule is C=C/C=C\C1=C(C)C2(c3ccccc3O1)c1ccccc1-c1c(-c3nc(-c4ccccc4)nc(-c4ccccc4)n3)cccc12. The van der Waals surface area contributed by atoms with Crippen LogP contribution in [0.5, 0.6) is 5.75 Å². The van der Waals surface area contributed by atoms with Crippen molar-refractivity contribution in [1.29, 1.82) is 0 Å². The fourth-order valence-electron chi connectivity index (χ4n) is 6.90. The highest BCUT2D eigenvalue weighted by molar-refractivity contribution is 5.95. The maximum atomic E-state index is 6.52. The van der Waals surface area contributed by atoms with E-state index in [0.717, 1.165) is 50.5 Å². The van der Waals surface area contributed by atoms with Crippen LogP contribution in [0.15, 0.2) is 164 Å². The van der Waals surface area contributed by atoms with Crippen molar-refractivity contribution in [2.45, 2.75) is 12.3 Å². The van der Waals surface area contributed by atoms with Gasteiger partial charge in [0.15, 0.2) is 17.5 Å². The van der Waals surface area contributed by atoms with Crippen LogP contribution in [-0.4, -0.2) is 15.0 Å². The Bertz CT molecular complexity index is 2110. The molecule has 0 amide bonds. The average molecular weight is 580 g/mol. The predicted octanol–water partition coefficient (Wildman–Crippen LogP) is 9.60. The molecule has 214 valence electrons. The lowest BCUT2D eigenvalue weighted by Gasteiger charge is -2.39. The highest BCUT2D eigenvalue weighted by Gasteiger charge is 2.51. The Morgan fingerprint density at radius 1 is 0.578 bits per heavy atom. The summed E-state index contributed by atoms with van der Waals surface area (Å²) >= 11 is 0. The molecule has 2 aliphatic rings. The van der Waals surface area contributed by atoms with Crippen LogP contribution in [0.4, 0.5) is 0 Å². The molecule has 0 saturated carbocycles. The second-order valence-corrected chi connectivity index (χ2v) is 11.2. The molecule has 4 heteroatoms. The van der Waals surface area contributed by atoms with E-state index in [1.165, 1.54) is 11.1 Å². The molecule has 0 saturated heterocycles. The van der Waals surface area contributed by atoms with Crippen LogP contribution in [0.1, 0.15) is 23.6 Å². The molecule has 0 fully saturated rings. The van der Waals surface area contributed by atoms with E-state index in [1.807, 2.05) is 78.9 Å². The van der Waals surface area contributed by atoms with E-state index in [9.17, 15) is 0 Å². The van der Waals surface area contributed by atoms with Gasteiger partial charge in [-0.05, 0) is 46.9 Å². The van der Waals surface area contributed by atoms with E-state index in [0.29, 0.717) is 17.5 Å². The molecule has 0 N–H and O–H groups in total. The molecule has 0 radical (unpaired) electrons. The third-order valence-corrected chi connectivity index (χ3v) is 8.84. The molecule has 2 heterocycles. The second-order valence-electron chi connectivity index (χ2n) is 11.2. The number of hydrogen-bond acceptors (Lipinski definition) is 4. The second kappa shape index (κ2) is 10.7. The summed E-state index contributed by atoms with van der Waals surface area (Å²) in [5.74, 6) is 3.59. The Balaban J connectivity index is 1.45. The third kappa shape index (κ3) is 4.10. The zero-order valence-electron chi connectivity index (χ0n) is 24.8. The average Bonchev–Trinajstić information content (AvgIpc) is 3.41. The van der Waals surface area contributed by atoms with Gasteiger partial charge in [-0.2, -0.15) is 0 Å². The van der Waals surface area contributed by atoms with Gasteiger partial charge in [0, 0.05) is 22.3 Å². The number of hydrogen-bond donors (Lipinski definition) is 0. The van der Waals surface area contributed by atoms with Gasteiger partial charge in [-0.15, -0.1) is 0 Å². The van der Waals surface area contributed by atoms with Crippen molar-refractivity contribution in [2.75, 3.05) is 0 Å². The number of aromatic nitrogens is 3. The Morgan fingerprint density at radius 2 is 1.13 bits per heavy atom. The number of allylic oxidation sites excluding steroid dienone is 4. The van der Waals surface area contributed by atoms with Gasteiger partial charge < -0.3 is 4.74 Å². The van der Waals surface area contributed by atoms with Crippen molar-refractivity contribution >= 4 is 0 Å². The van der Waals surface area contributed by atoms with Gasteiger partial charge in [0.25, 0.3) is 0 Å². The largest absolute Gasteiger partial charge is 0.457 e. The lowest BCUT2D eigenvalue weighted by Crippen LogP contribution is -2.33. The quantitative estimate of drug-likeness (QED) is 0.191. The van der Waals surface area contributed by atoms with Crippen molar-refractivity contribution in [1.82, 2.24) is 15.0 Å². The molecular formula is C41H29N3O. The van der Waals surface area contributed by atoms with Crippen molar-refractivity contribution in [3.8, 4) is 51.0 Å². The van der Waals surface area contributed by atoms with E-state index < -0.39 is 5.41 Å². The molecule has 4 nitrogen and oxygen atoms in total. The minimum absolute atomic E-state index is 0.560. The number of fused-ring (bicyclic) bond motifs is 7. The molecule has 5 aromatic carbocycles. The minimum Gasteiger partial charge on any atom is -0.457 e. The Labute approximate surface area is 262 Å². The molecule has 1 unspecified atom stereocenters. The van der Waals surface area contributed by atoms with Crippen LogP contribution in [0.3, 0.4) is 0 Å². The van der Waals surface area contributed by atoms with Crippen LogP contribution >= 0.6 is 0 Å². The summed E-state index contributed by atoms with van der Waals surface area (Å²) in [6, 6.07) is 43.8. The van der Waals surface area contributed by atoms with E-state index in [-0.39, 0.29) is 0 Å². The zero-order valence-corrected chi connectivity index (χ0v) is 24.8. The predicted molar refractivity (Wildman–Crippen MR) is 181 cm³/mol. The summed E-state index contributed by atoms with van der Waals surface area (Å²) in [7, 11) is 0. The van der Waals surface area contributed by atoms with Crippen molar-refractivity contribution in [3.05, 3.63) is 180 Å². The van der Waals surface area contributed by atoms with Gasteiger partial charge >= 0.3 is 0 Å². The first-order valence-electron chi connectivity index (χ1n) is 15.1. The molecule has 6 aromatic rings. The molecule has 1 aromatic heterocycles.